The van der Waals surface area contributed by atoms with Crippen molar-refractivity contribution in [2.24, 2.45) is 0 Å². The summed E-state index contributed by atoms with van der Waals surface area (Å²) in [5.41, 5.74) is 1.05. The van der Waals surface area contributed by atoms with Crippen molar-refractivity contribution in [2.45, 2.75) is 26.3 Å². The quantitative estimate of drug-likeness (QED) is 0.719. The normalized spacial score (nSPS) is 17.0. The number of carbonyl (C=O) groups excluding carboxylic acids is 1. The van der Waals surface area contributed by atoms with Gasteiger partial charge in [0.2, 0.25) is 5.91 Å². The van der Waals surface area contributed by atoms with E-state index in [4.69, 9.17) is 0 Å². The summed E-state index contributed by atoms with van der Waals surface area (Å²) in [5, 5.41) is 3.07. The Morgan fingerprint density at radius 3 is 3.08 bits per heavy atom. The largest absolute Gasteiger partial charge is 0.336 e. The van der Waals surface area contributed by atoms with Crippen LogP contribution in [-0.2, 0) is 11.3 Å². The molecule has 3 nitrogen and oxygen atoms in total. The van der Waals surface area contributed by atoms with Crippen molar-refractivity contribution < 1.29 is 4.79 Å². The van der Waals surface area contributed by atoms with Gasteiger partial charge < -0.3 is 4.90 Å². The van der Waals surface area contributed by atoms with Crippen LogP contribution in [0.1, 0.15) is 23.5 Å². The molecule has 0 N–H and O–H groups in total. The average Bonchev–Trinajstić information content (AvgIpc) is 2.64. The number of nitrogens with zero attached hydrogens (tertiary/aromatic N) is 2. The summed E-state index contributed by atoms with van der Waals surface area (Å²) in [6, 6.07) is 0. The lowest BCUT2D eigenvalue weighted by Gasteiger charge is -2.12. The third-order valence-electron chi connectivity index (χ3n) is 2.16. The zero-order valence-corrected chi connectivity index (χ0v) is 8.43. The molecule has 1 aromatic heterocycles. The highest BCUT2D eigenvalue weighted by Gasteiger charge is 2.20. The lowest BCUT2D eigenvalue weighted by atomic mass is 10.4. The standard InChI is InChI=1S/C9H12N2OS/c1-7-6-13-8(10-7)5-11-4-2-3-9(11)12/h6H,2-5H2,1H3. The van der Waals surface area contributed by atoms with E-state index in [2.05, 4.69) is 4.98 Å². The molecule has 1 aliphatic heterocycles. The molecule has 2 heterocycles. The van der Waals surface area contributed by atoms with Gasteiger partial charge in [-0.1, -0.05) is 0 Å². The molecule has 0 unspecified atom stereocenters. The van der Waals surface area contributed by atoms with Crippen LogP contribution in [0.5, 0.6) is 0 Å². The van der Waals surface area contributed by atoms with Crippen LogP contribution in [0.25, 0.3) is 0 Å². The molecule has 0 bridgehead atoms. The zero-order valence-electron chi connectivity index (χ0n) is 7.62. The smallest absolute Gasteiger partial charge is 0.223 e. The van der Waals surface area contributed by atoms with E-state index in [0.717, 1.165) is 23.7 Å². The molecule has 1 aliphatic rings. The van der Waals surface area contributed by atoms with Crippen molar-refractivity contribution in [1.29, 1.82) is 0 Å². The maximum atomic E-state index is 11.3. The Kier molecular flexibility index (Phi) is 2.31. The Hall–Kier alpha value is -0.900. The maximum Gasteiger partial charge on any atom is 0.223 e. The van der Waals surface area contributed by atoms with Gasteiger partial charge in [-0.15, -0.1) is 11.3 Å². The fourth-order valence-corrected chi connectivity index (χ4v) is 2.30. The zero-order chi connectivity index (χ0) is 9.26. The second kappa shape index (κ2) is 3.46. The molecule has 1 amide bonds. The van der Waals surface area contributed by atoms with E-state index in [9.17, 15) is 4.79 Å². The first-order chi connectivity index (χ1) is 6.25. The van der Waals surface area contributed by atoms with E-state index >= 15 is 0 Å². The lowest BCUT2D eigenvalue weighted by Crippen LogP contribution is -2.23. The Bertz CT molecular complexity index is 321. The first-order valence-electron chi connectivity index (χ1n) is 4.44. The topological polar surface area (TPSA) is 33.2 Å². The van der Waals surface area contributed by atoms with Crippen LogP contribution >= 0.6 is 11.3 Å². The number of aryl methyl sites for hydroxylation is 1. The average molecular weight is 196 g/mol. The van der Waals surface area contributed by atoms with Gasteiger partial charge in [-0.2, -0.15) is 0 Å². The Morgan fingerprint density at radius 2 is 2.54 bits per heavy atom. The Labute approximate surface area is 81.4 Å². The number of rotatable bonds is 2. The van der Waals surface area contributed by atoms with Gasteiger partial charge in [0.1, 0.15) is 5.01 Å². The number of likely N-dealkylation sites (tertiary alicyclic amines) is 1. The summed E-state index contributed by atoms with van der Waals surface area (Å²) in [7, 11) is 0. The predicted octanol–water partition coefficient (Wildman–Crippen LogP) is 1.57. The van der Waals surface area contributed by atoms with Gasteiger partial charge >= 0.3 is 0 Å². The van der Waals surface area contributed by atoms with Crippen LogP contribution in [0.4, 0.5) is 0 Å². The van der Waals surface area contributed by atoms with Gasteiger partial charge in [0, 0.05) is 24.0 Å². The van der Waals surface area contributed by atoms with Crippen LogP contribution in [0.15, 0.2) is 5.38 Å². The van der Waals surface area contributed by atoms with Crippen LogP contribution < -0.4 is 0 Å². The predicted molar refractivity (Wildman–Crippen MR) is 51.5 cm³/mol. The van der Waals surface area contributed by atoms with E-state index < -0.39 is 0 Å². The highest BCUT2D eigenvalue weighted by atomic mass is 32.1. The van der Waals surface area contributed by atoms with E-state index in [1.807, 2.05) is 17.2 Å². The fourth-order valence-electron chi connectivity index (χ4n) is 1.51. The Balaban J connectivity index is 2.01. The van der Waals surface area contributed by atoms with Gasteiger partial charge in [-0.25, -0.2) is 4.98 Å². The van der Waals surface area contributed by atoms with E-state index in [0.29, 0.717) is 13.0 Å². The molecule has 4 heteroatoms. The summed E-state index contributed by atoms with van der Waals surface area (Å²) in [6.07, 6.45) is 1.72. The molecule has 0 atom stereocenters. The molecule has 2 rings (SSSR count). The number of aromatic nitrogens is 1. The van der Waals surface area contributed by atoms with Crippen molar-refractivity contribution in [3.8, 4) is 0 Å². The molecule has 0 aromatic carbocycles. The highest BCUT2D eigenvalue weighted by Crippen LogP contribution is 2.16. The van der Waals surface area contributed by atoms with E-state index in [-0.39, 0.29) is 5.91 Å². The Morgan fingerprint density at radius 1 is 1.69 bits per heavy atom. The molecule has 70 valence electrons. The van der Waals surface area contributed by atoms with Gasteiger partial charge in [-0.05, 0) is 13.3 Å². The second-order valence-electron chi connectivity index (χ2n) is 3.30. The first-order valence-corrected chi connectivity index (χ1v) is 5.32. The van der Waals surface area contributed by atoms with Crippen molar-refractivity contribution in [3.63, 3.8) is 0 Å². The molecular formula is C9H12N2OS. The van der Waals surface area contributed by atoms with Crippen molar-refractivity contribution in [3.05, 3.63) is 16.1 Å². The number of amides is 1. The van der Waals surface area contributed by atoms with Crippen LogP contribution in [0, 0.1) is 6.92 Å². The number of hydrogen-bond acceptors (Lipinski definition) is 3. The lowest BCUT2D eigenvalue weighted by molar-refractivity contribution is -0.128. The summed E-state index contributed by atoms with van der Waals surface area (Å²) in [6.45, 7) is 3.58. The molecule has 0 radical (unpaired) electrons. The SMILES string of the molecule is Cc1csc(CN2CCCC2=O)n1. The highest BCUT2D eigenvalue weighted by molar-refractivity contribution is 7.09. The molecule has 1 aromatic rings. The number of carbonyl (C=O) groups is 1. The molecule has 1 saturated heterocycles. The molecule has 1 fully saturated rings. The van der Waals surface area contributed by atoms with Gasteiger partial charge in [0.25, 0.3) is 0 Å². The van der Waals surface area contributed by atoms with Crippen molar-refractivity contribution >= 4 is 17.2 Å². The van der Waals surface area contributed by atoms with Crippen molar-refractivity contribution in [2.75, 3.05) is 6.54 Å². The van der Waals surface area contributed by atoms with E-state index in [1.54, 1.807) is 11.3 Å². The fraction of sp³-hybridized carbons (Fsp3) is 0.556. The maximum absolute atomic E-state index is 11.3. The van der Waals surface area contributed by atoms with Crippen LogP contribution in [-0.4, -0.2) is 22.3 Å². The molecule has 0 saturated carbocycles. The minimum Gasteiger partial charge on any atom is -0.336 e. The van der Waals surface area contributed by atoms with Gasteiger partial charge in [0.15, 0.2) is 0 Å². The molecular weight excluding hydrogens is 184 g/mol. The monoisotopic (exact) mass is 196 g/mol. The van der Waals surface area contributed by atoms with Crippen molar-refractivity contribution in [1.82, 2.24) is 9.88 Å². The number of hydrogen-bond donors (Lipinski definition) is 0. The van der Waals surface area contributed by atoms with Gasteiger partial charge in [0.05, 0.1) is 6.54 Å². The van der Waals surface area contributed by atoms with Gasteiger partial charge in [-0.3, -0.25) is 4.79 Å². The summed E-state index contributed by atoms with van der Waals surface area (Å²) in [5.74, 6) is 0.271. The van der Waals surface area contributed by atoms with E-state index in [1.165, 1.54) is 0 Å². The summed E-state index contributed by atoms with van der Waals surface area (Å²) < 4.78 is 0. The first kappa shape index (κ1) is 8.69. The third-order valence-corrected chi connectivity index (χ3v) is 3.12. The molecule has 0 spiro atoms. The molecule has 0 aliphatic carbocycles. The molecule has 13 heavy (non-hydrogen) atoms. The minimum atomic E-state index is 0.271. The van der Waals surface area contributed by atoms with Crippen LogP contribution in [0.2, 0.25) is 0 Å². The second-order valence-corrected chi connectivity index (χ2v) is 4.24. The van der Waals surface area contributed by atoms with Crippen LogP contribution in [0.3, 0.4) is 0 Å². The minimum absolute atomic E-state index is 0.271. The summed E-state index contributed by atoms with van der Waals surface area (Å²) in [4.78, 5) is 17.5. The third kappa shape index (κ3) is 1.88. The summed E-state index contributed by atoms with van der Waals surface area (Å²) >= 11 is 1.63. The number of thiazole rings is 1.